The maximum Gasteiger partial charge on any atom is 0.0894 e. The maximum absolute atomic E-state index is 4.59. The molecule has 4 nitrogen and oxygen atoms in total. The minimum Gasteiger partial charge on any atom is -0.295 e. The molecule has 0 aliphatic heterocycles. The zero-order valence-corrected chi connectivity index (χ0v) is 32.3. The number of fused-ring (bicyclic) bond motifs is 2. The molecule has 4 aromatic heterocycles. The number of pyridine rings is 4. The number of hydrogen-bond donors (Lipinski definition) is 0. The fraction of sp³-hybridized carbons (Fsp3) is 0. The summed E-state index contributed by atoms with van der Waals surface area (Å²) in [6.45, 7) is 0. The van der Waals surface area contributed by atoms with Crippen LogP contribution in [0, 0.1) is 24.3 Å². The van der Waals surface area contributed by atoms with Gasteiger partial charge in [0.05, 0.1) is 22.8 Å². The standard InChI is InChI=1S/C17H11N.C15H11N3.C14H8.2Pt/c1-2-7-14(8-3-1)15-9-6-10-16(13-15)17-11-4-5-12-18-17;1-3-10-16-12(6-1)14-8-5-9-15(18-14)13-7-2-4-11-17-13;1-2-6-12-10-14-8-4-3-7-13(14)9-11(12)5-1;;/h1-7,9-12H;1-11H;1-5,7,9-10H;;/q-2;;-2;;. The SMILES string of the molecule is [Pt].[Pt].[c-]1cccc2cc3ccc[c-]c3cc12.[c-]1ccccc1-c1[c-]c(-c2ccccn2)ccc1.c1ccc(-c2cccc(-c3ccccn3)n2)nc1. The number of benzene rings is 5. The normalized spacial score (nSPS) is 10.0. The second-order valence-electron chi connectivity index (χ2n) is 11.2. The van der Waals surface area contributed by atoms with Crippen LogP contribution in [0.2, 0.25) is 0 Å². The molecule has 9 rings (SSSR count). The Morgan fingerprint density at radius 3 is 1.37 bits per heavy atom. The summed E-state index contributed by atoms with van der Waals surface area (Å²) in [6.07, 6.45) is 5.33. The molecule has 0 fully saturated rings. The van der Waals surface area contributed by atoms with Crippen LogP contribution in [0.3, 0.4) is 0 Å². The fourth-order valence-electron chi connectivity index (χ4n) is 5.35. The fourth-order valence-corrected chi connectivity index (χ4v) is 5.35. The van der Waals surface area contributed by atoms with Gasteiger partial charge >= 0.3 is 0 Å². The molecule has 9 aromatic rings. The molecule has 0 saturated carbocycles. The second-order valence-corrected chi connectivity index (χ2v) is 11.2. The summed E-state index contributed by atoms with van der Waals surface area (Å²) < 4.78 is 0. The largest absolute Gasteiger partial charge is 0.295 e. The van der Waals surface area contributed by atoms with Gasteiger partial charge in [-0.2, -0.15) is 42.0 Å². The Morgan fingerprint density at radius 1 is 0.346 bits per heavy atom. The molecule has 0 saturated heterocycles. The van der Waals surface area contributed by atoms with Crippen LogP contribution in [0.4, 0.5) is 0 Å². The molecule has 0 radical (unpaired) electrons. The molecule has 0 aliphatic carbocycles. The van der Waals surface area contributed by atoms with E-state index in [4.69, 9.17) is 0 Å². The molecule has 0 unspecified atom stereocenters. The van der Waals surface area contributed by atoms with Crippen molar-refractivity contribution in [3.63, 3.8) is 0 Å². The molecule has 52 heavy (non-hydrogen) atoms. The van der Waals surface area contributed by atoms with Gasteiger partial charge in [0.1, 0.15) is 0 Å². The van der Waals surface area contributed by atoms with Crippen LogP contribution >= 0.6 is 0 Å². The third-order valence-corrected chi connectivity index (χ3v) is 7.78. The van der Waals surface area contributed by atoms with Crippen molar-refractivity contribution >= 4 is 21.5 Å². The number of hydrogen-bond acceptors (Lipinski definition) is 4. The summed E-state index contributed by atoms with van der Waals surface area (Å²) in [7, 11) is 0. The van der Waals surface area contributed by atoms with E-state index < -0.39 is 0 Å². The first-order chi connectivity index (χ1) is 24.8. The van der Waals surface area contributed by atoms with Crippen molar-refractivity contribution in [3.05, 3.63) is 207 Å². The Kier molecular flexibility index (Phi) is 14.0. The average Bonchev–Trinajstić information content (AvgIpc) is 3.22. The number of nitrogens with zero attached hydrogens (tertiary/aromatic N) is 4. The molecule has 0 aliphatic rings. The van der Waals surface area contributed by atoms with Crippen LogP contribution in [0.5, 0.6) is 0 Å². The van der Waals surface area contributed by atoms with E-state index in [0.29, 0.717) is 0 Å². The zero-order chi connectivity index (χ0) is 33.8. The van der Waals surface area contributed by atoms with Crippen molar-refractivity contribution in [2.24, 2.45) is 0 Å². The van der Waals surface area contributed by atoms with Gasteiger partial charge in [0, 0.05) is 66.4 Å². The number of rotatable bonds is 4. The van der Waals surface area contributed by atoms with Gasteiger partial charge in [-0.3, -0.25) is 15.0 Å². The molecule has 0 spiro atoms. The first-order valence-electron chi connectivity index (χ1n) is 16.2. The van der Waals surface area contributed by atoms with E-state index in [9.17, 15) is 0 Å². The summed E-state index contributed by atoms with van der Waals surface area (Å²) in [4.78, 5) is 17.5. The van der Waals surface area contributed by atoms with Crippen LogP contribution in [0.25, 0.3) is 66.7 Å². The van der Waals surface area contributed by atoms with E-state index in [1.54, 1.807) is 18.6 Å². The molecular formula is C46H30N4Pt2-4. The van der Waals surface area contributed by atoms with E-state index in [0.717, 1.165) is 55.9 Å². The third kappa shape index (κ3) is 9.89. The van der Waals surface area contributed by atoms with Gasteiger partial charge in [0.25, 0.3) is 0 Å². The van der Waals surface area contributed by atoms with Gasteiger partial charge < -0.3 is 0 Å². The van der Waals surface area contributed by atoms with Gasteiger partial charge in [-0.25, -0.2) is 10.5 Å². The third-order valence-electron chi connectivity index (χ3n) is 7.78. The summed E-state index contributed by atoms with van der Waals surface area (Å²) in [5, 5.41) is 4.78. The maximum atomic E-state index is 4.59. The van der Waals surface area contributed by atoms with Crippen molar-refractivity contribution in [1.29, 1.82) is 0 Å². The Hall–Kier alpha value is -5.40. The van der Waals surface area contributed by atoms with Gasteiger partial charge in [0.15, 0.2) is 0 Å². The van der Waals surface area contributed by atoms with E-state index >= 15 is 0 Å². The van der Waals surface area contributed by atoms with Gasteiger partial charge in [-0.05, 0) is 42.5 Å². The van der Waals surface area contributed by atoms with Crippen LogP contribution in [-0.4, -0.2) is 19.9 Å². The molecular weight excluding hydrogens is 999 g/mol. The van der Waals surface area contributed by atoms with Crippen LogP contribution in [0.1, 0.15) is 0 Å². The average molecular weight is 1030 g/mol. The minimum absolute atomic E-state index is 0. The van der Waals surface area contributed by atoms with Gasteiger partial charge in [-0.15, -0.1) is 106 Å². The Balaban J connectivity index is 0.000000149. The summed E-state index contributed by atoms with van der Waals surface area (Å²) in [5.41, 5.74) is 7.50. The topological polar surface area (TPSA) is 51.6 Å². The number of aromatic nitrogens is 4. The second kappa shape index (κ2) is 19.3. The van der Waals surface area contributed by atoms with Gasteiger partial charge in [0.2, 0.25) is 0 Å². The van der Waals surface area contributed by atoms with Crippen molar-refractivity contribution in [2.45, 2.75) is 0 Å². The van der Waals surface area contributed by atoms with E-state index in [-0.39, 0.29) is 42.1 Å². The minimum atomic E-state index is 0. The van der Waals surface area contributed by atoms with E-state index in [1.165, 1.54) is 10.8 Å². The molecule has 0 N–H and O–H groups in total. The van der Waals surface area contributed by atoms with Crippen LogP contribution in [0.15, 0.2) is 182 Å². The zero-order valence-electron chi connectivity index (χ0n) is 27.7. The van der Waals surface area contributed by atoms with Crippen molar-refractivity contribution < 1.29 is 42.1 Å². The Bertz CT molecular complexity index is 2090. The Morgan fingerprint density at radius 2 is 0.827 bits per heavy atom. The van der Waals surface area contributed by atoms with E-state index in [2.05, 4.69) is 68.5 Å². The van der Waals surface area contributed by atoms with Crippen molar-refractivity contribution in [3.8, 4) is 45.2 Å². The molecule has 6 heteroatoms. The monoisotopic (exact) mass is 1030 g/mol. The first-order valence-corrected chi connectivity index (χ1v) is 16.2. The summed E-state index contributed by atoms with van der Waals surface area (Å²) >= 11 is 0. The van der Waals surface area contributed by atoms with Crippen LogP contribution in [-0.2, 0) is 42.1 Å². The molecule has 5 aromatic carbocycles. The molecule has 0 bridgehead atoms. The Labute approximate surface area is 333 Å². The quantitative estimate of drug-likeness (QED) is 0.130. The molecule has 4 heterocycles. The van der Waals surface area contributed by atoms with Crippen molar-refractivity contribution in [1.82, 2.24) is 19.9 Å². The molecule has 0 amide bonds. The summed E-state index contributed by atoms with van der Waals surface area (Å²) in [6, 6.07) is 66.9. The van der Waals surface area contributed by atoms with Crippen LogP contribution < -0.4 is 0 Å². The predicted molar refractivity (Wildman–Crippen MR) is 203 cm³/mol. The molecule has 0 atom stereocenters. The predicted octanol–water partition coefficient (Wildman–Crippen LogP) is 10.8. The molecule has 258 valence electrons. The van der Waals surface area contributed by atoms with Crippen molar-refractivity contribution in [2.75, 3.05) is 0 Å². The first kappa shape index (κ1) is 37.8. The summed E-state index contributed by atoms with van der Waals surface area (Å²) in [5.74, 6) is 0. The van der Waals surface area contributed by atoms with Gasteiger partial charge in [-0.1, -0.05) is 30.3 Å². The smallest absolute Gasteiger partial charge is 0.0894 e. The van der Waals surface area contributed by atoms with E-state index in [1.807, 2.05) is 140 Å².